The predicted octanol–water partition coefficient (Wildman–Crippen LogP) is 1.01. The lowest BCUT2D eigenvalue weighted by Gasteiger charge is -2.23. The van der Waals surface area contributed by atoms with Crippen molar-refractivity contribution in [1.29, 1.82) is 5.26 Å². The highest BCUT2D eigenvalue weighted by molar-refractivity contribution is 5.97. The summed E-state index contributed by atoms with van der Waals surface area (Å²) >= 11 is 0. The van der Waals surface area contributed by atoms with Crippen LogP contribution in [0.3, 0.4) is 0 Å². The van der Waals surface area contributed by atoms with Gasteiger partial charge in [-0.2, -0.15) is 10.4 Å². The second-order valence-corrected chi connectivity index (χ2v) is 4.63. The molecule has 0 saturated carbocycles. The van der Waals surface area contributed by atoms with E-state index in [1.807, 2.05) is 13.8 Å². The molecule has 0 saturated heterocycles. The Morgan fingerprint density at radius 2 is 2.33 bits per heavy atom. The second-order valence-electron chi connectivity index (χ2n) is 4.63. The van der Waals surface area contributed by atoms with Gasteiger partial charge in [-0.3, -0.25) is 9.48 Å². The minimum absolute atomic E-state index is 0.170. The van der Waals surface area contributed by atoms with Gasteiger partial charge in [-0.15, -0.1) is 0 Å². The molecule has 0 atom stereocenters. The number of hydrogen-bond donors (Lipinski definition) is 1. The Labute approximate surface area is 107 Å². The Hall–Kier alpha value is -2.03. The van der Waals surface area contributed by atoms with Crippen LogP contribution in [0.15, 0.2) is 6.20 Å². The Morgan fingerprint density at radius 1 is 1.67 bits per heavy atom. The van der Waals surface area contributed by atoms with Gasteiger partial charge in [-0.05, 0) is 5.92 Å². The first-order chi connectivity index (χ1) is 8.47. The lowest BCUT2D eigenvalue weighted by Crippen LogP contribution is -2.36. The average molecular weight is 249 g/mol. The van der Waals surface area contributed by atoms with E-state index >= 15 is 0 Å². The van der Waals surface area contributed by atoms with Crippen LogP contribution in [0.25, 0.3) is 0 Å². The second kappa shape index (κ2) is 6.05. The van der Waals surface area contributed by atoms with Gasteiger partial charge in [0.1, 0.15) is 5.69 Å². The van der Waals surface area contributed by atoms with E-state index in [0.717, 1.165) is 0 Å². The van der Waals surface area contributed by atoms with Gasteiger partial charge in [-0.1, -0.05) is 13.8 Å². The Balaban J connectivity index is 2.91. The molecule has 1 rings (SSSR count). The molecule has 0 radical (unpaired) electrons. The van der Waals surface area contributed by atoms with Crippen molar-refractivity contribution in [1.82, 2.24) is 14.7 Å². The van der Waals surface area contributed by atoms with Gasteiger partial charge in [0, 0.05) is 20.1 Å². The normalized spacial score (nSPS) is 10.4. The highest BCUT2D eigenvalue weighted by atomic mass is 16.2. The maximum absolute atomic E-state index is 12.4. The van der Waals surface area contributed by atoms with Gasteiger partial charge in [-0.25, -0.2) is 0 Å². The Bertz CT molecular complexity index is 438. The molecule has 0 aliphatic heterocycles. The summed E-state index contributed by atoms with van der Waals surface area (Å²) in [5.41, 5.74) is 6.50. The standard InChI is InChI=1S/C12H19N5O/c1-9(2)8-17(6-4-5-13)12(18)11-10(14)7-15-16(11)3/h7,9H,4,6,8,14H2,1-3H3. The van der Waals surface area contributed by atoms with Gasteiger partial charge in [0.15, 0.2) is 0 Å². The number of carbonyl (C=O) groups excluding carboxylic acids is 1. The number of carbonyl (C=O) groups is 1. The minimum Gasteiger partial charge on any atom is -0.396 e. The summed E-state index contributed by atoms with van der Waals surface area (Å²) in [5, 5.41) is 12.6. The maximum Gasteiger partial charge on any atom is 0.274 e. The largest absolute Gasteiger partial charge is 0.396 e. The van der Waals surface area contributed by atoms with Crippen LogP contribution < -0.4 is 5.73 Å². The molecule has 1 aromatic heterocycles. The highest BCUT2D eigenvalue weighted by Gasteiger charge is 2.22. The number of rotatable bonds is 5. The van der Waals surface area contributed by atoms with Gasteiger partial charge in [0.2, 0.25) is 0 Å². The number of hydrogen-bond acceptors (Lipinski definition) is 4. The first-order valence-corrected chi connectivity index (χ1v) is 5.91. The quantitative estimate of drug-likeness (QED) is 0.843. The van der Waals surface area contributed by atoms with Crippen LogP contribution in [0.1, 0.15) is 30.8 Å². The van der Waals surface area contributed by atoms with Gasteiger partial charge < -0.3 is 10.6 Å². The Morgan fingerprint density at radius 3 is 2.78 bits per heavy atom. The zero-order valence-corrected chi connectivity index (χ0v) is 11.1. The van der Waals surface area contributed by atoms with E-state index in [-0.39, 0.29) is 5.91 Å². The van der Waals surface area contributed by atoms with E-state index in [2.05, 4.69) is 11.2 Å². The molecule has 98 valence electrons. The summed E-state index contributed by atoms with van der Waals surface area (Å²) in [4.78, 5) is 14.0. The first-order valence-electron chi connectivity index (χ1n) is 5.91. The third-order valence-electron chi connectivity index (χ3n) is 2.54. The fourth-order valence-corrected chi connectivity index (χ4v) is 1.77. The van der Waals surface area contributed by atoms with E-state index in [4.69, 9.17) is 11.0 Å². The number of anilines is 1. The van der Waals surface area contributed by atoms with Crippen molar-refractivity contribution in [2.45, 2.75) is 20.3 Å². The summed E-state index contributed by atoms with van der Waals surface area (Å²) in [5.74, 6) is 0.165. The molecule has 0 fully saturated rings. The van der Waals surface area contributed by atoms with Crippen LogP contribution >= 0.6 is 0 Å². The molecule has 0 bridgehead atoms. The highest BCUT2D eigenvalue weighted by Crippen LogP contribution is 2.14. The van der Waals surface area contributed by atoms with Crippen molar-refractivity contribution in [2.24, 2.45) is 13.0 Å². The molecule has 0 aliphatic carbocycles. The number of nitrogen functional groups attached to an aromatic ring is 1. The number of nitrogens with two attached hydrogens (primary N) is 1. The van der Waals surface area contributed by atoms with Crippen LogP contribution in [0.5, 0.6) is 0 Å². The molecule has 2 N–H and O–H groups in total. The van der Waals surface area contributed by atoms with Crippen LogP contribution in [-0.2, 0) is 7.05 Å². The van der Waals surface area contributed by atoms with Crippen molar-refractivity contribution in [2.75, 3.05) is 18.8 Å². The van der Waals surface area contributed by atoms with Crippen molar-refractivity contribution in [3.8, 4) is 6.07 Å². The number of aromatic nitrogens is 2. The predicted molar refractivity (Wildman–Crippen MR) is 68.6 cm³/mol. The van der Waals surface area contributed by atoms with E-state index in [0.29, 0.717) is 36.8 Å². The minimum atomic E-state index is -0.170. The van der Waals surface area contributed by atoms with E-state index < -0.39 is 0 Å². The number of aryl methyl sites for hydroxylation is 1. The molecule has 18 heavy (non-hydrogen) atoms. The third-order valence-corrected chi connectivity index (χ3v) is 2.54. The SMILES string of the molecule is CC(C)CN(CCC#N)C(=O)c1c(N)cnn1C. The molecule has 0 unspecified atom stereocenters. The molecule has 6 heteroatoms. The summed E-state index contributed by atoms with van der Waals surface area (Å²) in [6.45, 7) is 5.07. The molecule has 1 amide bonds. The average Bonchev–Trinajstić information content (AvgIpc) is 2.63. The zero-order chi connectivity index (χ0) is 13.7. The molecule has 1 aromatic rings. The Kier molecular flexibility index (Phi) is 4.72. The van der Waals surface area contributed by atoms with Crippen LogP contribution in [0.2, 0.25) is 0 Å². The van der Waals surface area contributed by atoms with Crippen molar-refractivity contribution in [3.63, 3.8) is 0 Å². The summed E-state index contributed by atoms with van der Waals surface area (Å²) in [6.07, 6.45) is 1.78. The maximum atomic E-state index is 12.4. The van der Waals surface area contributed by atoms with Crippen LogP contribution in [-0.4, -0.2) is 33.7 Å². The number of nitriles is 1. The number of amides is 1. The van der Waals surface area contributed by atoms with Crippen LogP contribution in [0, 0.1) is 17.2 Å². The first kappa shape index (κ1) is 14.0. The van der Waals surface area contributed by atoms with E-state index in [1.54, 1.807) is 11.9 Å². The van der Waals surface area contributed by atoms with E-state index in [9.17, 15) is 4.79 Å². The molecular formula is C12H19N5O. The zero-order valence-electron chi connectivity index (χ0n) is 11.1. The van der Waals surface area contributed by atoms with Gasteiger partial charge in [0.25, 0.3) is 5.91 Å². The number of nitrogens with zero attached hydrogens (tertiary/aromatic N) is 4. The molecule has 1 heterocycles. The van der Waals surface area contributed by atoms with E-state index in [1.165, 1.54) is 10.9 Å². The molecule has 6 nitrogen and oxygen atoms in total. The molecule has 0 aliphatic rings. The summed E-state index contributed by atoms with van der Waals surface area (Å²) in [6, 6.07) is 2.05. The van der Waals surface area contributed by atoms with Crippen molar-refractivity contribution in [3.05, 3.63) is 11.9 Å². The van der Waals surface area contributed by atoms with Crippen molar-refractivity contribution >= 4 is 11.6 Å². The smallest absolute Gasteiger partial charge is 0.274 e. The fraction of sp³-hybridized carbons (Fsp3) is 0.583. The van der Waals surface area contributed by atoms with Gasteiger partial charge >= 0.3 is 0 Å². The van der Waals surface area contributed by atoms with Crippen molar-refractivity contribution < 1.29 is 4.79 Å². The summed E-state index contributed by atoms with van der Waals surface area (Å²) < 4.78 is 1.47. The topological polar surface area (TPSA) is 87.9 Å². The lowest BCUT2D eigenvalue weighted by atomic mass is 10.2. The molecule has 0 spiro atoms. The summed E-state index contributed by atoms with van der Waals surface area (Å²) in [7, 11) is 1.68. The third kappa shape index (κ3) is 3.23. The monoisotopic (exact) mass is 249 g/mol. The molecular weight excluding hydrogens is 230 g/mol. The fourth-order valence-electron chi connectivity index (χ4n) is 1.77. The van der Waals surface area contributed by atoms with Crippen LogP contribution in [0.4, 0.5) is 5.69 Å². The van der Waals surface area contributed by atoms with Gasteiger partial charge in [0.05, 0.1) is 24.4 Å². The lowest BCUT2D eigenvalue weighted by molar-refractivity contribution is 0.0730. The molecule has 0 aromatic carbocycles.